The molecule has 0 aromatic rings. The first kappa shape index (κ1) is 74.4. The molecule has 0 aromatic carbocycles. The van der Waals surface area contributed by atoms with Crippen LogP contribution in [0, 0.1) is 0 Å². The number of hydrogen-bond donors (Lipinski definition) is 6. The van der Waals surface area contributed by atoms with Crippen LogP contribution in [0.15, 0.2) is 85.1 Å². The van der Waals surface area contributed by atoms with Crippen LogP contribution in [0.5, 0.6) is 0 Å². The van der Waals surface area contributed by atoms with E-state index in [9.17, 15) is 30.3 Å². The van der Waals surface area contributed by atoms with Crippen LogP contribution in [0.4, 0.5) is 0 Å². The largest absolute Gasteiger partial charge is 0.394 e. The molecule has 1 saturated heterocycles. The number of carbonyl (C=O) groups is 1. The van der Waals surface area contributed by atoms with Crippen LogP contribution in [0.3, 0.4) is 0 Å². The third-order valence-electron chi connectivity index (χ3n) is 15.5. The summed E-state index contributed by atoms with van der Waals surface area (Å²) >= 11 is 0. The Kier molecular flexibility index (Phi) is 55.1. The van der Waals surface area contributed by atoms with Gasteiger partial charge in [-0.2, -0.15) is 0 Å². The summed E-state index contributed by atoms with van der Waals surface area (Å²) in [6.07, 6.45) is 76.6. The average molecular weight is 1110 g/mol. The van der Waals surface area contributed by atoms with Crippen LogP contribution in [0.1, 0.15) is 296 Å². The number of carbonyl (C=O) groups excluding carboxylic acids is 1. The molecule has 0 aliphatic carbocycles. The van der Waals surface area contributed by atoms with Gasteiger partial charge in [0.2, 0.25) is 5.91 Å². The molecule has 7 atom stereocenters. The predicted octanol–water partition coefficient (Wildman–Crippen LogP) is 17.7. The molecule has 1 aliphatic rings. The number of aliphatic hydroxyl groups excluding tert-OH is 5. The Morgan fingerprint density at radius 2 is 0.785 bits per heavy atom. The van der Waals surface area contributed by atoms with Crippen molar-refractivity contribution >= 4 is 5.91 Å². The summed E-state index contributed by atoms with van der Waals surface area (Å²) in [4.78, 5) is 13.1. The van der Waals surface area contributed by atoms with Gasteiger partial charge >= 0.3 is 0 Å². The van der Waals surface area contributed by atoms with Crippen LogP contribution in [0.25, 0.3) is 0 Å². The van der Waals surface area contributed by atoms with Gasteiger partial charge in [-0.25, -0.2) is 0 Å². The van der Waals surface area contributed by atoms with Crippen LogP contribution < -0.4 is 5.32 Å². The first-order chi connectivity index (χ1) is 38.8. The van der Waals surface area contributed by atoms with Crippen molar-refractivity contribution in [3.8, 4) is 0 Å². The number of ether oxygens (including phenoxy) is 2. The summed E-state index contributed by atoms with van der Waals surface area (Å²) in [5, 5.41) is 54.7. The second-order valence-electron chi connectivity index (χ2n) is 22.9. The van der Waals surface area contributed by atoms with E-state index in [4.69, 9.17) is 9.47 Å². The van der Waals surface area contributed by atoms with Gasteiger partial charge in [0.1, 0.15) is 24.4 Å². The molecule has 0 spiro atoms. The quantitative estimate of drug-likeness (QED) is 0.0261. The maximum atomic E-state index is 13.1. The maximum absolute atomic E-state index is 13.1. The van der Waals surface area contributed by atoms with E-state index in [-0.39, 0.29) is 12.5 Å². The van der Waals surface area contributed by atoms with Gasteiger partial charge in [0.15, 0.2) is 6.29 Å². The fraction of sp³-hybridized carbons (Fsp3) is 0.786. The lowest BCUT2D eigenvalue weighted by Gasteiger charge is -2.40. The summed E-state index contributed by atoms with van der Waals surface area (Å²) in [6.45, 7) is 3.69. The van der Waals surface area contributed by atoms with E-state index < -0.39 is 49.5 Å². The number of aliphatic hydroxyl groups is 5. The summed E-state index contributed by atoms with van der Waals surface area (Å²) in [6, 6.07) is -0.814. The fourth-order valence-electron chi connectivity index (χ4n) is 10.3. The molecule has 0 saturated carbocycles. The monoisotopic (exact) mass is 1110 g/mol. The van der Waals surface area contributed by atoms with Crippen LogP contribution >= 0.6 is 0 Å². The van der Waals surface area contributed by atoms with E-state index in [1.807, 2.05) is 6.08 Å². The van der Waals surface area contributed by atoms with Crippen LogP contribution in [-0.2, 0) is 14.3 Å². The first-order valence-electron chi connectivity index (χ1n) is 33.3. The number of hydrogen-bond acceptors (Lipinski definition) is 8. The van der Waals surface area contributed by atoms with Gasteiger partial charge in [-0.15, -0.1) is 0 Å². The van der Waals surface area contributed by atoms with Crippen molar-refractivity contribution in [2.45, 2.75) is 339 Å². The van der Waals surface area contributed by atoms with Gasteiger partial charge in [0.05, 0.1) is 25.4 Å². The zero-order chi connectivity index (χ0) is 57.2. The average Bonchev–Trinajstić information content (AvgIpc) is 3.47. The minimum absolute atomic E-state index is 0.181. The number of unbranched alkanes of at least 4 members (excludes halogenated alkanes) is 35. The van der Waals surface area contributed by atoms with Gasteiger partial charge in [-0.05, 0) is 70.6 Å². The normalized spacial score (nSPS) is 19.1. The highest BCUT2D eigenvalue weighted by molar-refractivity contribution is 5.76. The minimum atomic E-state index is -1.57. The molecular formula is C70H125NO8. The topological polar surface area (TPSA) is 149 Å². The molecule has 458 valence electrons. The Hall–Kier alpha value is -2.63. The third kappa shape index (κ3) is 47.6. The highest BCUT2D eigenvalue weighted by Gasteiger charge is 2.44. The van der Waals surface area contributed by atoms with E-state index in [0.717, 1.165) is 83.5 Å². The minimum Gasteiger partial charge on any atom is -0.394 e. The Labute approximate surface area is 486 Å². The van der Waals surface area contributed by atoms with Gasteiger partial charge in [-0.3, -0.25) is 4.79 Å². The second kappa shape index (κ2) is 58.6. The molecule has 6 N–H and O–H groups in total. The smallest absolute Gasteiger partial charge is 0.220 e. The van der Waals surface area contributed by atoms with E-state index >= 15 is 0 Å². The zero-order valence-electron chi connectivity index (χ0n) is 51.1. The molecule has 1 aliphatic heterocycles. The van der Waals surface area contributed by atoms with Gasteiger partial charge in [0.25, 0.3) is 0 Å². The summed E-state index contributed by atoms with van der Waals surface area (Å²) in [7, 11) is 0. The maximum Gasteiger partial charge on any atom is 0.220 e. The van der Waals surface area contributed by atoms with Gasteiger partial charge < -0.3 is 40.3 Å². The molecule has 1 fully saturated rings. The zero-order valence-corrected chi connectivity index (χ0v) is 51.1. The Balaban J connectivity index is 2.18. The van der Waals surface area contributed by atoms with Gasteiger partial charge in [0, 0.05) is 6.42 Å². The van der Waals surface area contributed by atoms with Crippen molar-refractivity contribution in [2.75, 3.05) is 13.2 Å². The third-order valence-corrected chi connectivity index (χ3v) is 15.5. The van der Waals surface area contributed by atoms with Crippen molar-refractivity contribution in [3.05, 3.63) is 85.1 Å². The van der Waals surface area contributed by atoms with Crippen LogP contribution in [-0.4, -0.2) is 87.5 Å². The van der Waals surface area contributed by atoms with Crippen molar-refractivity contribution in [3.63, 3.8) is 0 Å². The molecule has 0 radical (unpaired) electrons. The SMILES string of the molecule is CC/C=C\C/C=C\C/C=C\C/C=C\C/C=C\C/C=C\CCCCCCCCCCCCC(=O)NC(COC1OC(CO)C(O)C(O)C1O)C(O)/C=C/CCCCCCCCCCCCCCCCCCCCCCCCCCC. The van der Waals surface area contributed by atoms with Crippen molar-refractivity contribution < 1.29 is 39.8 Å². The van der Waals surface area contributed by atoms with Crippen molar-refractivity contribution in [1.82, 2.24) is 5.32 Å². The number of allylic oxidation sites excluding steroid dienone is 13. The summed E-state index contributed by atoms with van der Waals surface area (Å²) < 4.78 is 11.3. The molecule has 1 amide bonds. The lowest BCUT2D eigenvalue weighted by Crippen LogP contribution is -2.60. The highest BCUT2D eigenvalue weighted by atomic mass is 16.7. The van der Waals surface area contributed by atoms with Crippen molar-refractivity contribution in [2.24, 2.45) is 0 Å². The summed E-state index contributed by atoms with van der Waals surface area (Å²) in [5.74, 6) is -0.181. The predicted molar refractivity (Wildman–Crippen MR) is 336 cm³/mol. The molecule has 0 bridgehead atoms. The second-order valence-corrected chi connectivity index (χ2v) is 22.9. The highest BCUT2D eigenvalue weighted by Crippen LogP contribution is 2.23. The molecule has 9 nitrogen and oxygen atoms in total. The van der Waals surface area contributed by atoms with E-state index in [1.54, 1.807) is 6.08 Å². The molecule has 1 heterocycles. The standard InChI is InChI=1S/C70H125NO8/c1-3-5-7-9-11-13-15-17-19-21-23-25-27-29-31-32-34-36-38-40-42-44-46-48-50-52-54-56-58-60-66(74)71-63(62-78-70-69(77)68(76)67(75)65(61-72)79-70)64(73)59-57-55-53-51-49-47-45-43-41-39-37-35-33-30-28-26-24-22-20-18-16-14-12-10-8-6-4-2/h5,7,11,13,17,19,23,25,29,31,34,36,57,59,63-65,67-70,72-73,75-77H,3-4,6,8-10,12,14-16,18,20-22,24,26-28,30,32-33,35,37-56,58,60-62H2,1-2H3,(H,71,74)/b7-5-,13-11-,19-17-,25-23-,31-29-,36-34-,59-57+. The summed E-state index contributed by atoms with van der Waals surface area (Å²) in [5.41, 5.74) is 0. The molecule has 79 heavy (non-hydrogen) atoms. The lowest BCUT2D eigenvalue weighted by atomic mass is 9.99. The van der Waals surface area contributed by atoms with Crippen LogP contribution in [0.2, 0.25) is 0 Å². The molecular weight excluding hydrogens is 983 g/mol. The lowest BCUT2D eigenvalue weighted by molar-refractivity contribution is -0.302. The Morgan fingerprint density at radius 1 is 0.443 bits per heavy atom. The Bertz CT molecular complexity index is 1520. The van der Waals surface area contributed by atoms with E-state index in [1.165, 1.54) is 193 Å². The van der Waals surface area contributed by atoms with E-state index in [0.29, 0.717) is 6.42 Å². The number of rotatable bonds is 57. The van der Waals surface area contributed by atoms with E-state index in [2.05, 4.69) is 92.1 Å². The first-order valence-corrected chi connectivity index (χ1v) is 33.3. The Morgan fingerprint density at radius 3 is 1.16 bits per heavy atom. The number of nitrogens with one attached hydrogen (secondary N) is 1. The van der Waals surface area contributed by atoms with Crippen molar-refractivity contribution in [1.29, 1.82) is 0 Å². The van der Waals surface area contributed by atoms with Gasteiger partial charge in [-0.1, -0.05) is 304 Å². The molecule has 0 aromatic heterocycles. The molecule has 7 unspecified atom stereocenters. The fourth-order valence-corrected chi connectivity index (χ4v) is 10.3. The molecule has 1 rings (SSSR count). The number of amides is 1. The molecule has 9 heteroatoms.